The maximum absolute atomic E-state index is 13.9. The van der Waals surface area contributed by atoms with Crippen LogP contribution in [0.2, 0.25) is 0 Å². The largest absolute Gasteiger partial charge is 0.366 e. The number of hydrogen-bond donors (Lipinski definition) is 0. The fourth-order valence-electron chi connectivity index (χ4n) is 5.86. The van der Waals surface area contributed by atoms with Crippen molar-refractivity contribution in [2.75, 3.05) is 13.1 Å². The quantitative estimate of drug-likeness (QED) is 0.606. The van der Waals surface area contributed by atoms with Crippen molar-refractivity contribution in [1.82, 2.24) is 9.80 Å². The molecular weight excluding hydrogens is 384 g/mol. The lowest BCUT2D eigenvalue weighted by Gasteiger charge is -2.37. The number of rotatable bonds is 3. The van der Waals surface area contributed by atoms with E-state index in [1.807, 2.05) is 6.07 Å². The van der Waals surface area contributed by atoms with Gasteiger partial charge in [-0.1, -0.05) is 64.2 Å². The molecule has 0 aromatic heterocycles. The van der Waals surface area contributed by atoms with E-state index in [2.05, 4.69) is 44.7 Å². The maximum atomic E-state index is 13.9. The van der Waals surface area contributed by atoms with E-state index < -0.39 is 0 Å². The molecule has 2 atom stereocenters. The number of piperidine rings is 1. The Hall–Kier alpha value is -2.10. The molecule has 1 saturated heterocycles. The van der Waals surface area contributed by atoms with Crippen LogP contribution in [-0.4, -0.2) is 40.7 Å². The molecule has 1 aliphatic carbocycles. The van der Waals surface area contributed by atoms with Crippen LogP contribution in [0.1, 0.15) is 81.9 Å². The van der Waals surface area contributed by atoms with Gasteiger partial charge in [0.05, 0.1) is 5.57 Å². The molecule has 4 heteroatoms. The van der Waals surface area contributed by atoms with Crippen molar-refractivity contribution in [2.45, 2.75) is 85.1 Å². The molecule has 1 aromatic rings. The lowest BCUT2D eigenvalue weighted by Crippen LogP contribution is -2.45. The number of hydrogen-bond acceptors (Lipinski definition) is 3. The molecule has 2 aliphatic heterocycles. The molecule has 3 aliphatic rings. The molecule has 1 saturated carbocycles. The molecule has 2 unspecified atom stereocenters. The second kappa shape index (κ2) is 9.18. The van der Waals surface area contributed by atoms with E-state index in [-0.39, 0.29) is 17.9 Å². The molecular formula is C27H38N2O2. The first-order valence-electron chi connectivity index (χ1n) is 12.3. The summed E-state index contributed by atoms with van der Waals surface area (Å²) < 4.78 is 0. The number of carbonyl (C=O) groups excluding carboxylic acids is 2. The Bertz CT molecular complexity index is 869. The highest BCUT2D eigenvalue weighted by atomic mass is 16.2. The zero-order valence-electron chi connectivity index (χ0n) is 19.7. The molecule has 168 valence electrons. The number of benzene rings is 1. The molecule has 0 radical (unpaired) electrons. The molecule has 2 amide bonds. The van der Waals surface area contributed by atoms with Gasteiger partial charge in [0.15, 0.2) is 0 Å². The van der Waals surface area contributed by atoms with Crippen molar-refractivity contribution in [3.8, 4) is 0 Å². The van der Waals surface area contributed by atoms with Crippen molar-refractivity contribution in [1.29, 1.82) is 0 Å². The van der Waals surface area contributed by atoms with E-state index in [9.17, 15) is 9.59 Å². The fraction of sp³-hybridized carbons (Fsp3) is 0.630. The Labute approximate surface area is 187 Å². The number of amides is 2. The topological polar surface area (TPSA) is 40.6 Å². The molecule has 4 nitrogen and oxygen atoms in total. The zero-order chi connectivity index (χ0) is 22.1. The van der Waals surface area contributed by atoms with E-state index >= 15 is 0 Å². The summed E-state index contributed by atoms with van der Waals surface area (Å²) in [6.07, 6.45) is 8.96. The normalized spacial score (nSPS) is 26.5. The van der Waals surface area contributed by atoms with E-state index in [4.69, 9.17) is 0 Å². The molecule has 0 bridgehead atoms. The highest BCUT2D eigenvalue weighted by molar-refractivity contribution is 6.35. The monoisotopic (exact) mass is 422 g/mol. The SMILES string of the molecule is Cc1ccc(C2=C(N3CC(C)CC(C)C3)C(=O)N(C3CCCCCCC3)C2=O)cc1C. The molecule has 2 fully saturated rings. The van der Waals surface area contributed by atoms with Crippen molar-refractivity contribution in [3.63, 3.8) is 0 Å². The number of carbonyl (C=O) groups is 2. The second-order valence-corrected chi connectivity index (χ2v) is 10.4. The highest BCUT2D eigenvalue weighted by Gasteiger charge is 2.45. The summed E-state index contributed by atoms with van der Waals surface area (Å²) in [5.41, 5.74) is 4.56. The minimum absolute atomic E-state index is 0.0407. The van der Waals surface area contributed by atoms with Crippen LogP contribution in [0.3, 0.4) is 0 Å². The molecule has 4 rings (SSSR count). The number of likely N-dealkylation sites (tertiary alicyclic amines) is 1. The van der Waals surface area contributed by atoms with Crippen LogP contribution in [0.15, 0.2) is 23.9 Å². The maximum Gasteiger partial charge on any atom is 0.278 e. The van der Waals surface area contributed by atoms with Crippen LogP contribution < -0.4 is 0 Å². The van der Waals surface area contributed by atoms with Gasteiger partial charge < -0.3 is 4.90 Å². The van der Waals surface area contributed by atoms with Gasteiger partial charge in [-0.3, -0.25) is 14.5 Å². The van der Waals surface area contributed by atoms with Gasteiger partial charge in [-0.05, 0) is 61.6 Å². The number of nitrogens with zero attached hydrogens (tertiary/aromatic N) is 2. The van der Waals surface area contributed by atoms with E-state index in [0.717, 1.165) is 49.9 Å². The average molecular weight is 423 g/mol. The third-order valence-corrected chi connectivity index (χ3v) is 7.51. The third kappa shape index (κ3) is 4.44. The smallest absolute Gasteiger partial charge is 0.278 e. The van der Waals surface area contributed by atoms with Crippen molar-refractivity contribution >= 4 is 17.4 Å². The highest BCUT2D eigenvalue weighted by Crippen LogP contribution is 2.38. The van der Waals surface area contributed by atoms with Gasteiger partial charge in [-0.15, -0.1) is 0 Å². The predicted octanol–water partition coefficient (Wildman–Crippen LogP) is 5.47. The van der Waals surface area contributed by atoms with Gasteiger partial charge in [0, 0.05) is 19.1 Å². The summed E-state index contributed by atoms with van der Waals surface area (Å²) in [7, 11) is 0. The molecule has 0 N–H and O–H groups in total. The Balaban J connectivity index is 1.76. The van der Waals surface area contributed by atoms with Crippen LogP contribution in [0.5, 0.6) is 0 Å². The first-order chi connectivity index (χ1) is 14.9. The van der Waals surface area contributed by atoms with Crippen molar-refractivity contribution < 1.29 is 9.59 Å². The third-order valence-electron chi connectivity index (χ3n) is 7.51. The lowest BCUT2D eigenvalue weighted by molar-refractivity contribution is -0.140. The van der Waals surface area contributed by atoms with Crippen molar-refractivity contribution in [2.24, 2.45) is 11.8 Å². The standard InChI is InChI=1S/C27H38N2O2/c1-18-14-19(2)17-28(16-18)25-24(22-13-12-20(3)21(4)15-22)26(30)29(27(25)31)23-10-8-6-5-7-9-11-23/h12-13,15,18-19,23H,5-11,14,16-17H2,1-4H3. The zero-order valence-corrected chi connectivity index (χ0v) is 19.7. The van der Waals surface area contributed by atoms with Crippen LogP contribution in [0, 0.1) is 25.7 Å². The summed E-state index contributed by atoms with van der Waals surface area (Å²) in [5.74, 6) is 0.927. The van der Waals surface area contributed by atoms with Gasteiger partial charge in [0.2, 0.25) is 0 Å². The molecule has 1 aromatic carbocycles. The van der Waals surface area contributed by atoms with Gasteiger partial charge in [0.1, 0.15) is 5.70 Å². The Morgan fingerprint density at radius 1 is 0.806 bits per heavy atom. The first-order valence-corrected chi connectivity index (χ1v) is 12.3. The Morgan fingerprint density at radius 3 is 2.03 bits per heavy atom. The molecule has 2 heterocycles. The van der Waals surface area contributed by atoms with Crippen LogP contribution >= 0.6 is 0 Å². The molecule has 0 spiro atoms. The summed E-state index contributed by atoms with van der Waals surface area (Å²) in [4.78, 5) is 31.6. The van der Waals surface area contributed by atoms with Gasteiger partial charge in [0.25, 0.3) is 11.8 Å². The fourth-order valence-corrected chi connectivity index (χ4v) is 5.86. The lowest BCUT2D eigenvalue weighted by atomic mass is 9.90. The summed E-state index contributed by atoms with van der Waals surface area (Å²) in [5, 5.41) is 0. The van der Waals surface area contributed by atoms with Crippen LogP contribution in [-0.2, 0) is 9.59 Å². The Kier molecular flexibility index (Phi) is 6.55. The number of aryl methyl sites for hydroxylation is 2. The summed E-state index contributed by atoms with van der Waals surface area (Å²) in [6, 6.07) is 6.24. The number of imide groups is 1. The average Bonchev–Trinajstić information content (AvgIpc) is 2.94. The minimum Gasteiger partial charge on any atom is -0.366 e. The minimum atomic E-state index is -0.0697. The van der Waals surface area contributed by atoms with E-state index in [1.54, 1.807) is 4.90 Å². The van der Waals surface area contributed by atoms with Crippen LogP contribution in [0.4, 0.5) is 0 Å². The molecule has 31 heavy (non-hydrogen) atoms. The van der Waals surface area contributed by atoms with Gasteiger partial charge in [-0.2, -0.15) is 0 Å². The summed E-state index contributed by atoms with van der Waals surface area (Å²) >= 11 is 0. The van der Waals surface area contributed by atoms with E-state index in [0.29, 0.717) is 23.1 Å². The predicted molar refractivity (Wildman–Crippen MR) is 125 cm³/mol. The van der Waals surface area contributed by atoms with E-state index in [1.165, 1.54) is 31.2 Å². The van der Waals surface area contributed by atoms with Crippen molar-refractivity contribution in [3.05, 3.63) is 40.6 Å². The van der Waals surface area contributed by atoms with Gasteiger partial charge in [-0.25, -0.2) is 0 Å². The second-order valence-electron chi connectivity index (χ2n) is 10.4. The Morgan fingerprint density at radius 2 is 1.42 bits per heavy atom. The summed E-state index contributed by atoms with van der Waals surface area (Å²) in [6.45, 7) is 10.4. The van der Waals surface area contributed by atoms with Crippen LogP contribution in [0.25, 0.3) is 5.57 Å². The first kappa shape index (κ1) is 22.1. The van der Waals surface area contributed by atoms with Gasteiger partial charge >= 0.3 is 0 Å².